The molecule has 1 aliphatic heterocycles. The van der Waals surface area contributed by atoms with Gasteiger partial charge in [-0.2, -0.15) is 0 Å². The van der Waals surface area contributed by atoms with Gasteiger partial charge in [-0.3, -0.25) is 4.98 Å². The number of anilines is 1. The topological polar surface area (TPSA) is 64.0 Å². The zero-order chi connectivity index (χ0) is 15.4. The minimum Gasteiger partial charge on any atom is -0.476 e. The minimum absolute atomic E-state index is 0.535. The lowest BCUT2D eigenvalue weighted by Crippen LogP contribution is -2.36. The van der Waals surface area contributed by atoms with Crippen LogP contribution in [-0.2, 0) is 0 Å². The highest BCUT2D eigenvalue weighted by Crippen LogP contribution is 2.22. The summed E-state index contributed by atoms with van der Waals surface area (Å²) in [5.74, 6) is 1.97. The molecule has 22 heavy (non-hydrogen) atoms. The van der Waals surface area contributed by atoms with E-state index in [1.54, 1.807) is 24.8 Å². The molecule has 0 saturated carbocycles. The molecule has 0 unspecified atom stereocenters. The molecule has 0 N–H and O–H groups in total. The quantitative estimate of drug-likeness (QED) is 0.831. The van der Waals surface area contributed by atoms with Crippen LogP contribution in [0, 0.1) is 12.8 Å². The van der Waals surface area contributed by atoms with E-state index in [4.69, 9.17) is 4.74 Å². The number of aryl methyl sites for hydroxylation is 1. The maximum Gasteiger partial charge on any atom is 0.235 e. The third-order valence-corrected chi connectivity index (χ3v) is 4.21. The fraction of sp³-hybridized carbons (Fsp3) is 0.467. The third kappa shape index (κ3) is 3.71. The zero-order valence-electron chi connectivity index (χ0n) is 12.4. The molecule has 3 heterocycles. The highest BCUT2D eigenvalue weighted by atomic mass is 79.9. The van der Waals surface area contributed by atoms with Crippen molar-refractivity contribution in [1.29, 1.82) is 0 Å². The highest BCUT2D eigenvalue weighted by Gasteiger charge is 2.21. The largest absolute Gasteiger partial charge is 0.476 e. The Balaban J connectivity index is 1.49. The maximum atomic E-state index is 5.80. The van der Waals surface area contributed by atoms with E-state index < -0.39 is 0 Å². The molecule has 0 atom stereocenters. The normalized spacial score (nSPS) is 15.8. The minimum atomic E-state index is 0.535. The average Bonchev–Trinajstić information content (AvgIpc) is 2.55. The molecule has 1 fully saturated rings. The summed E-state index contributed by atoms with van der Waals surface area (Å²) in [6.45, 7) is 4.51. The van der Waals surface area contributed by atoms with Gasteiger partial charge in [0.15, 0.2) is 0 Å². The molecule has 1 aliphatic rings. The van der Waals surface area contributed by atoms with Crippen molar-refractivity contribution in [2.75, 3.05) is 24.6 Å². The number of rotatable bonds is 4. The van der Waals surface area contributed by atoms with Crippen molar-refractivity contribution in [1.82, 2.24) is 19.9 Å². The van der Waals surface area contributed by atoms with Crippen LogP contribution in [0.1, 0.15) is 18.5 Å². The van der Waals surface area contributed by atoms with E-state index in [2.05, 4.69) is 40.8 Å². The second kappa shape index (κ2) is 7.00. The fourth-order valence-electron chi connectivity index (χ4n) is 2.50. The van der Waals surface area contributed by atoms with Crippen LogP contribution < -0.4 is 9.64 Å². The number of aromatic nitrogens is 4. The van der Waals surface area contributed by atoms with E-state index >= 15 is 0 Å². The molecule has 0 spiro atoms. The molecule has 2 aromatic heterocycles. The Hall–Kier alpha value is -1.76. The van der Waals surface area contributed by atoms with Gasteiger partial charge in [-0.15, -0.1) is 0 Å². The van der Waals surface area contributed by atoms with Crippen LogP contribution in [0.25, 0.3) is 0 Å². The van der Waals surface area contributed by atoms with Gasteiger partial charge in [0.2, 0.25) is 11.8 Å². The molecule has 7 heteroatoms. The van der Waals surface area contributed by atoms with Crippen molar-refractivity contribution in [3.8, 4) is 5.88 Å². The van der Waals surface area contributed by atoms with Gasteiger partial charge in [0.05, 0.1) is 16.8 Å². The number of hydrogen-bond acceptors (Lipinski definition) is 6. The standard InChI is InChI=1S/C15H18BrN5O/c1-11-14(18-5-4-17-11)22-10-12-2-6-21(7-3-12)15-19-8-13(16)9-20-15/h4-5,8-9,12H,2-3,6-7,10H2,1H3. The molecule has 6 nitrogen and oxygen atoms in total. The number of halogens is 1. The van der Waals surface area contributed by atoms with Crippen LogP contribution in [0.5, 0.6) is 5.88 Å². The molecule has 0 aliphatic carbocycles. The lowest BCUT2D eigenvalue weighted by atomic mass is 9.98. The van der Waals surface area contributed by atoms with Gasteiger partial charge < -0.3 is 9.64 Å². The molecule has 0 aromatic carbocycles. The van der Waals surface area contributed by atoms with Crippen LogP contribution in [0.15, 0.2) is 29.3 Å². The van der Waals surface area contributed by atoms with E-state index in [9.17, 15) is 0 Å². The summed E-state index contributed by atoms with van der Waals surface area (Å²) in [5.41, 5.74) is 0.836. The Labute approximate surface area is 138 Å². The summed E-state index contributed by atoms with van der Waals surface area (Å²) in [5, 5.41) is 0. The van der Waals surface area contributed by atoms with Crippen LogP contribution in [0.3, 0.4) is 0 Å². The van der Waals surface area contributed by atoms with Crippen LogP contribution >= 0.6 is 15.9 Å². The molecule has 116 valence electrons. The van der Waals surface area contributed by atoms with Crippen molar-refractivity contribution in [2.24, 2.45) is 5.92 Å². The van der Waals surface area contributed by atoms with Crippen LogP contribution in [0.4, 0.5) is 5.95 Å². The predicted molar refractivity (Wildman–Crippen MR) is 86.9 cm³/mol. The number of nitrogens with zero attached hydrogens (tertiary/aromatic N) is 5. The van der Waals surface area contributed by atoms with Gasteiger partial charge in [0.25, 0.3) is 0 Å². The first kappa shape index (κ1) is 15.1. The van der Waals surface area contributed by atoms with Gasteiger partial charge >= 0.3 is 0 Å². The number of ether oxygens (including phenoxy) is 1. The van der Waals surface area contributed by atoms with Crippen molar-refractivity contribution >= 4 is 21.9 Å². The SMILES string of the molecule is Cc1nccnc1OCC1CCN(c2ncc(Br)cn2)CC1. The van der Waals surface area contributed by atoms with E-state index in [0.717, 1.165) is 42.0 Å². The van der Waals surface area contributed by atoms with Gasteiger partial charge in [-0.1, -0.05) is 0 Å². The first-order valence-corrected chi connectivity index (χ1v) is 8.14. The molecular formula is C15H18BrN5O. The zero-order valence-corrected chi connectivity index (χ0v) is 14.0. The molecule has 3 rings (SSSR count). The Morgan fingerprint density at radius 3 is 2.50 bits per heavy atom. The highest BCUT2D eigenvalue weighted by molar-refractivity contribution is 9.10. The predicted octanol–water partition coefficient (Wildman–Crippen LogP) is 2.63. The lowest BCUT2D eigenvalue weighted by molar-refractivity contribution is 0.213. The first-order chi connectivity index (χ1) is 10.7. The second-order valence-electron chi connectivity index (χ2n) is 5.39. The summed E-state index contributed by atoms with van der Waals surface area (Å²) in [6.07, 6.45) is 9.05. The van der Waals surface area contributed by atoms with E-state index in [0.29, 0.717) is 18.4 Å². The molecule has 2 aromatic rings. The fourth-order valence-corrected chi connectivity index (χ4v) is 2.71. The smallest absolute Gasteiger partial charge is 0.235 e. The Kier molecular flexibility index (Phi) is 4.82. The van der Waals surface area contributed by atoms with E-state index in [1.165, 1.54) is 0 Å². The van der Waals surface area contributed by atoms with Gasteiger partial charge in [-0.25, -0.2) is 15.0 Å². The number of piperidine rings is 1. The van der Waals surface area contributed by atoms with Crippen LogP contribution in [0.2, 0.25) is 0 Å². The monoisotopic (exact) mass is 363 g/mol. The molecular weight excluding hydrogens is 346 g/mol. The van der Waals surface area contributed by atoms with Crippen molar-refractivity contribution in [3.63, 3.8) is 0 Å². The van der Waals surface area contributed by atoms with E-state index in [-0.39, 0.29) is 0 Å². The Morgan fingerprint density at radius 2 is 1.82 bits per heavy atom. The van der Waals surface area contributed by atoms with Gasteiger partial charge in [0, 0.05) is 37.9 Å². The Morgan fingerprint density at radius 1 is 1.14 bits per heavy atom. The number of hydrogen-bond donors (Lipinski definition) is 0. The summed E-state index contributed by atoms with van der Waals surface area (Å²) in [6, 6.07) is 0. The van der Waals surface area contributed by atoms with Crippen molar-refractivity contribution in [3.05, 3.63) is 35.0 Å². The molecule has 0 radical (unpaired) electrons. The third-order valence-electron chi connectivity index (χ3n) is 3.80. The molecule has 1 saturated heterocycles. The van der Waals surface area contributed by atoms with Crippen molar-refractivity contribution in [2.45, 2.75) is 19.8 Å². The lowest BCUT2D eigenvalue weighted by Gasteiger charge is -2.31. The summed E-state index contributed by atoms with van der Waals surface area (Å²) in [7, 11) is 0. The first-order valence-electron chi connectivity index (χ1n) is 7.35. The van der Waals surface area contributed by atoms with Gasteiger partial charge in [-0.05, 0) is 41.6 Å². The Bertz CT molecular complexity index is 614. The summed E-state index contributed by atoms with van der Waals surface area (Å²) in [4.78, 5) is 19.3. The summed E-state index contributed by atoms with van der Waals surface area (Å²) < 4.78 is 6.71. The maximum absolute atomic E-state index is 5.80. The van der Waals surface area contributed by atoms with Crippen LogP contribution in [-0.4, -0.2) is 39.6 Å². The molecule has 0 amide bonds. The average molecular weight is 364 g/mol. The van der Waals surface area contributed by atoms with Crippen molar-refractivity contribution < 1.29 is 4.74 Å². The molecule has 0 bridgehead atoms. The second-order valence-corrected chi connectivity index (χ2v) is 6.31. The van der Waals surface area contributed by atoms with Gasteiger partial charge in [0.1, 0.15) is 0 Å². The summed E-state index contributed by atoms with van der Waals surface area (Å²) >= 11 is 3.36. The van der Waals surface area contributed by atoms with E-state index in [1.807, 2.05) is 6.92 Å².